The second-order valence-corrected chi connectivity index (χ2v) is 7.20. The van der Waals surface area contributed by atoms with Crippen LogP contribution in [0.5, 0.6) is 5.75 Å². The Bertz CT molecular complexity index is 622. The maximum absolute atomic E-state index is 12.5. The highest BCUT2D eigenvalue weighted by molar-refractivity contribution is 9.10. The van der Waals surface area contributed by atoms with Crippen molar-refractivity contribution in [2.75, 3.05) is 33.3 Å². The van der Waals surface area contributed by atoms with Crippen molar-refractivity contribution in [1.82, 2.24) is 14.8 Å². The fraction of sp³-hybridized carbons (Fsp3) is 0.562. The molecule has 0 radical (unpaired) electrons. The van der Waals surface area contributed by atoms with Gasteiger partial charge in [-0.3, -0.25) is 4.79 Å². The lowest BCUT2D eigenvalue weighted by Gasteiger charge is -2.35. The van der Waals surface area contributed by atoms with Crippen LogP contribution in [0.15, 0.2) is 16.7 Å². The van der Waals surface area contributed by atoms with Crippen molar-refractivity contribution in [3.8, 4) is 5.75 Å². The summed E-state index contributed by atoms with van der Waals surface area (Å²) in [6, 6.07) is 3.33. The second-order valence-electron chi connectivity index (χ2n) is 6.45. The molecule has 0 aromatic carbocycles. The van der Waals surface area contributed by atoms with Crippen molar-refractivity contribution >= 4 is 27.9 Å². The topological polar surface area (TPSA) is 72.0 Å². The molecule has 2 heterocycles. The van der Waals surface area contributed by atoms with Gasteiger partial charge in [-0.1, -0.05) is 0 Å². The predicted molar refractivity (Wildman–Crippen MR) is 92.2 cm³/mol. The van der Waals surface area contributed by atoms with E-state index in [2.05, 4.69) is 20.9 Å². The highest BCUT2D eigenvalue weighted by Gasteiger charge is 2.28. The van der Waals surface area contributed by atoms with Crippen LogP contribution in [0.2, 0.25) is 0 Å². The SMILES string of the molecule is COc1ccc(C(=O)N2CCN(C(=O)OC(C)(C)C)CC2)nc1Br. The predicted octanol–water partition coefficient (Wildman–Crippen LogP) is 2.55. The minimum atomic E-state index is -0.524. The molecule has 2 rings (SSSR count). The first-order valence-corrected chi connectivity index (χ1v) is 8.48. The Labute approximate surface area is 150 Å². The number of rotatable bonds is 2. The summed E-state index contributed by atoms with van der Waals surface area (Å²) >= 11 is 3.28. The Balaban J connectivity index is 1.95. The van der Waals surface area contributed by atoms with E-state index in [1.807, 2.05) is 20.8 Å². The van der Waals surface area contributed by atoms with E-state index < -0.39 is 5.60 Å². The number of pyridine rings is 1. The molecule has 2 amide bonds. The van der Waals surface area contributed by atoms with Crippen LogP contribution in [0.4, 0.5) is 4.79 Å². The van der Waals surface area contributed by atoms with Crippen molar-refractivity contribution in [2.45, 2.75) is 26.4 Å². The molecule has 1 aromatic rings. The zero-order chi connectivity index (χ0) is 17.9. The molecular weight excluding hydrogens is 378 g/mol. The number of amides is 2. The molecule has 8 heteroatoms. The number of aromatic nitrogens is 1. The van der Waals surface area contributed by atoms with Gasteiger partial charge in [-0.2, -0.15) is 0 Å². The molecule has 0 aliphatic carbocycles. The van der Waals surface area contributed by atoms with Crippen LogP contribution in [-0.2, 0) is 4.74 Å². The van der Waals surface area contributed by atoms with E-state index in [-0.39, 0.29) is 12.0 Å². The van der Waals surface area contributed by atoms with E-state index in [9.17, 15) is 9.59 Å². The Kier molecular flexibility index (Phi) is 5.69. The first kappa shape index (κ1) is 18.5. The van der Waals surface area contributed by atoms with Crippen molar-refractivity contribution in [3.63, 3.8) is 0 Å². The molecule has 1 saturated heterocycles. The van der Waals surface area contributed by atoms with Gasteiger partial charge in [-0.05, 0) is 48.8 Å². The van der Waals surface area contributed by atoms with E-state index >= 15 is 0 Å². The number of ether oxygens (including phenoxy) is 2. The Morgan fingerprint density at radius 1 is 1.12 bits per heavy atom. The molecule has 0 spiro atoms. The molecule has 1 aliphatic heterocycles. The van der Waals surface area contributed by atoms with Gasteiger partial charge >= 0.3 is 6.09 Å². The largest absolute Gasteiger partial charge is 0.494 e. The van der Waals surface area contributed by atoms with Gasteiger partial charge < -0.3 is 19.3 Å². The first-order valence-electron chi connectivity index (χ1n) is 7.69. The van der Waals surface area contributed by atoms with E-state index in [1.54, 1.807) is 29.0 Å². The van der Waals surface area contributed by atoms with Crippen LogP contribution in [0.25, 0.3) is 0 Å². The lowest BCUT2D eigenvalue weighted by atomic mass is 10.2. The number of carbonyl (C=O) groups is 2. The fourth-order valence-corrected chi connectivity index (χ4v) is 2.76. The maximum Gasteiger partial charge on any atom is 0.410 e. The summed E-state index contributed by atoms with van der Waals surface area (Å²) in [5, 5.41) is 0. The summed E-state index contributed by atoms with van der Waals surface area (Å²) in [6.07, 6.45) is -0.347. The molecule has 0 bridgehead atoms. The molecule has 0 atom stereocenters. The smallest absolute Gasteiger partial charge is 0.410 e. The molecule has 132 valence electrons. The van der Waals surface area contributed by atoms with Crippen molar-refractivity contribution in [1.29, 1.82) is 0 Å². The van der Waals surface area contributed by atoms with Crippen LogP contribution in [0.1, 0.15) is 31.3 Å². The average molecular weight is 400 g/mol. The zero-order valence-corrected chi connectivity index (χ0v) is 15.9. The number of nitrogens with zero attached hydrogens (tertiary/aromatic N) is 3. The molecule has 1 aliphatic rings. The molecule has 24 heavy (non-hydrogen) atoms. The first-order chi connectivity index (χ1) is 11.2. The number of methoxy groups -OCH3 is 1. The van der Waals surface area contributed by atoms with Crippen molar-refractivity contribution in [2.24, 2.45) is 0 Å². The molecule has 1 fully saturated rings. The summed E-state index contributed by atoms with van der Waals surface area (Å²) < 4.78 is 11.0. The number of halogens is 1. The minimum absolute atomic E-state index is 0.165. The number of hydrogen-bond acceptors (Lipinski definition) is 5. The average Bonchev–Trinajstić information content (AvgIpc) is 2.52. The van der Waals surface area contributed by atoms with Gasteiger partial charge in [0.2, 0.25) is 0 Å². The van der Waals surface area contributed by atoms with Crippen LogP contribution in [0.3, 0.4) is 0 Å². The van der Waals surface area contributed by atoms with E-state index in [0.717, 1.165) is 0 Å². The zero-order valence-electron chi connectivity index (χ0n) is 14.3. The summed E-state index contributed by atoms with van der Waals surface area (Å²) in [6.45, 7) is 7.27. The summed E-state index contributed by atoms with van der Waals surface area (Å²) in [5.74, 6) is 0.406. The van der Waals surface area contributed by atoms with Crippen molar-refractivity contribution in [3.05, 3.63) is 22.4 Å². The molecular formula is C16H22BrN3O4. The van der Waals surface area contributed by atoms with Gasteiger partial charge in [-0.25, -0.2) is 9.78 Å². The minimum Gasteiger partial charge on any atom is -0.494 e. The Morgan fingerprint density at radius 2 is 1.71 bits per heavy atom. The van der Waals surface area contributed by atoms with Gasteiger partial charge in [0.25, 0.3) is 5.91 Å². The summed E-state index contributed by atoms with van der Waals surface area (Å²) in [4.78, 5) is 32.1. The van der Waals surface area contributed by atoms with Crippen LogP contribution in [-0.4, -0.2) is 65.7 Å². The van der Waals surface area contributed by atoms with Gasteiger partial charge in [0.15, 0.2) is 5.75 Å². The number of piperazine rings is 1. The summed E-state index contributed by atoms with van der Waals surface area (Å²) in [7, 11) is 1.54. The highest BCUT2D eigenvalue weighted by atomic mass is 79.9. The van der Waals surface area contributed by atoms with E-state index in [1.165, 1.54) is 0 Å². The van der Waals surface area contributed by atoms with Gasteiger partial charge in [0.05, 0.1) is 7.11 Å². The van der Waals surface area contributed by atoms with E-state index in [0.29, 0.717) is 42.2 Å². The highest BCUT2D eigenvalue weighted by Crippen LogP contribution is 2.23. The van der Waals surface area contributed by atoms with Crippen molar-refractivity contribution < 1.29 is 19.1 Å². The third-order valence-electron chi connectivity index (χ3n) is 3.47. The second kappa shape index (κ2) is 7.38. The lowest BCUT2D eigenvalue weighted by molar-refractivity contribution is 0.0140. The van der Waals surface area contributed by atoms with Gasteiger partial charge in [-0.15, -0.1) is 0 Å². The normalized spacial score (nSPS) is 15.2. The summed E-state index contributed by atoms with van der Waals surface area (Å²) in [5.41, 5.74) is -0.183. The van der Waals surface area contributed by atoms with Crippen LogP contribution >= 0.6 is 15.9 Å². The molecule has 0 unspecified atom stereocenters. The monoisotopic (exact) mass is 399 g/mol. The quantitative estimate of drug-likeness (QED) is 0.714. The van der Waals surface area contributed by atoms with Gasteiger partial charge in [0, 0.05) is 26.2 Å². The van der Waals surface area contributed by atoms with Crippen LogP contribution in [0, 0.1) is 0 Å². The molecule has 0 saturated carbocycles. The maximum atomic E-state index is 12.5. The Hall–Kier alpha value is -1.83. The van der Waals surface area contributed by atoms with E-state index in [4.69, 9.17) is 9.47 Å². The molecule has 7 nitrogen and oxygen atoms in total. The number of hydrogen-bond donors (Lipinski definition) is 0. The third kappa shape index (κ3) is 4.59. The standard InChI is InChI=1S/C16H22BrN3O4/c1-16(2,3)24-15(22)20-9-7-19(8-10-20)14(21)11-5-6-12(23-4)13(17)18-11/h5-6H,7-10H2,1-4H3. The van der Waals surface area contributed by atoms with Crippen LogP contribution < -0.4 is 4.74 Å². The van der Waals surface area contributed by atoms with Gasteiger partial charge in [0.1, 0.15) is 15.9 Å². The fourth-order valence-electron chi connectivity index (χ4n) is 2.27. The lowest BCUT2D eigenvalue weighted by Crippen LogP contribution is -2.51. The molecule has 1 aromatic heterocycles. The Morgan fingerprint density at radius 3 is 2.21 bits per heavy atom. The third-order valence-corrected chi connectivity index (χ3v) is 4.04. The molecule has 0 N–H and O–H groups in total. The number of carbonyl (C=O) groups excluding carboxylic acids is 2.